The highest BCUT2D eigenvalue weighted by molar-refractivity contribution is 6.63. The van der Waals surface area contributed by atoms with Crippen molar-refractivity contribution in [1.82, 2.24) is 10.6 Å². The van der Waals surface area contributed by atoms with Gasteiger partial charge in [-0.05, 0) is 83.1 Å². The Hall–Kier alpha value is -2.19. The third-order valence-corrected chi connectivity index (χ3v) is 10.7. The third kappa shape index (κ3) is 36.5. The molecule has 3 atom stereocenters. The molecule has 2 unspecified atom stereocenters. The molecule has 1 fully saturated rings. The fourth-order valence-corrected chi connectivity index (χ4v) is 5.85. The van der Waals surface area contributed by atoms with Crippen LogP contribution in [0, 0.1) is 5.92 Å². The minimum absolute atomic E-state index is 0. The highest BCUT2D eigenvalue weighted by Gasteiger charge is 2.57. The van der Waals surface area contributed by atoms with Gasteiger partial charge >= 0.3 is 7.12 Å². The molecule has 73 heavy (non-hydrogen) atoms. The predicted octanol–water partition coefficient (Wildman–Crippen LogP) is 8.39. The molecule has 424 valence electrons. The Morgan fingerprint density at radius 2 is 1.19 bits per heavy atom. The minimum Gasteiger partial charge on any atom is -0.402 e. The van der Waals surface area contributed by atoms with Gasteiger partial charge in [0.1, 0.15) is 11.2 Å². The zero-order valence-corrected chi connectivity index (χ0v) is 45.8. The van der Waals surface area contributed by atoms with E-state index < -0.39 is 51.5 Å². The van der Waals surface area contributed by atoms with Crippen LogP contribution in [0.15, 0.2) is 28.4 Å². The molecule has 1 aliphatic heterocycles. The number of amides is 2. The quantitative estimate of drug-likeness (QED) is 0.0123. The molecule has 1 aromatic carbocycles. The van der Waals surface area contributed by atoms with E-state index in [4.69, 9.17) is 118 Å². The van der Waals surface area contributed by atoms with E-state index in [2.05, 4.69) is 30.7 Å². The number of alkyl halides is 3. The normalized spacial score (nSPS) is 16.3. The Kier molecular flexibility index (Phi) is 42.8. The lowest BCUT2D eigenvalue weighted by Gasteiger charge is -2.36. The van der Waals surface area contributed by atoms with Crippen LogP contribution in [0.25, 0.3) is 20.9 Å². The van der Waals surface area contributed by atoms with Gasteiger partial charge in [-0.15, -0.1) is 0 Å². The van der Waals surface area contributed by atoms with Crippen LogP contribution in [-0.4, -0.2) is 187 Å². The monoisotopic (exact) mass is 1150 g/mol. The van der Waals surface area contributed by atoms with Crippen LogP contribution in [0.4, 0.5) is 0 Å². The summed E-state index contributed by atoms with van der Waals surface area (Å²) in [6, 6.07) is 4.55. The highest BCUT2D eigenvalue weighted by Crippen LogP contribution is 2.39. The average molecular weight is 1150 g/mol. The van der Waals surface area contributed by atoms with Crippen molar-refractivity contribution < 1.29 is 68.4 Å². The van der Waals surface area contributed by atoms with E-state index in [1.807, 2.05) is 34.6 Å². The number of azide groups is 2. The van der Waals surface area contributed by atoms with Gasteiger partial charge in [-0.1, -0.05) is 96.9 Å². The maximum absolute atomic E-state index is 12.9. The largest absolute Gasteiger partial charge is 0.481 e. The number of halogens is 5. The van der Waals surface area contributed by atoms with E-state index in [9.17, 15) is 19.8 Å². The molecule has 0 bridgehead atoms. The number of benzene rings is 1. The molecule has 0 spiro atoms. The van der Waals surface area contributed by atoms with E-state index in [-0.39, 0.29) is 51.1 Å². The second kappa shape index (κ2) is 42.9. The summed E-state index contributed by atoms with van der Waals surface area (Å²) in [7, 11) is -0.723. The summed E-state index contributed by atoms with van der Waals surface area (Å²) in [5, 5.41) is 32.6. The number of ether oxygens (including phenoxy) is 8. The molecule has 4 N–H and O–H groups in total. The van der Waals surface area contributed by atoms with E-state index in [1.54, 1.807) is 6.07 Å². The Labute approximate surface area is 459 Å². The van der Waals surface area contributed by atoms with Gasteiger partial charge in [0.15, 0.2) is 4.27 Å². The number of carbonyl (C=O) groups is 2. The topological polar surface area (TPSA) is 288 Å². The molecule has 1 aliphatic rings. The number of aliphatic hydroxyl groups is 2. The predicted molar refractivity (Wildman–Crippen MR) is 287 cm³/mol. The molecule has 2 amide bonds. The minimum atomic E-state index is -1.83. The van der Waals surface area contributed by atoms with Crippen LogP contribution in [0.2, 0.25) is 10.0 Å². The lowest BCUT2D eigenvalue weighted by Crippen LogP contribution is -2.51. The molecule has 2 rings (SSSR count). The molecule has 28 heteroatoms. The Bertz CT molecular complexity index is 1760. The molecule has 1 saturated heterocycles. The fourth-order valence-electron chi connectivity index (χ4n) is 5.47. The number of carbonyl (C=O) groups excluding carboxylic acids is 2. The molecule has 0 radical (unpaired) electrons. The first-order chi connectivity index (χ1) is 33.7. The number of hydrogen-bond acceptors (Lipinski definition) is 16. The Balaban J connectivity index is -0.00000141. The van der Waals surface area contributed by atoms with Gasteiger partial charge in [0.05, 0.1) is 141 Å². The molecule has 0 aliphatic carbocycles. The summed E-state index contributed by atoms with van der Waals surface area (Å²) in [5.41, 5.74) is 12.4. The third-order valence-electron chi connectivity index (χ3n) is 10.2. The van der Waals surface area contributed by atoms with Gasteiger partial charge in [-0.2, -0.15) is 0 Å². The molecule has 0 aromatic heterocycles. The van der Waals surface area contributed by atoms with Crippen molar-refractivity contribution in [3.05, 3.63) is 54.7 Å². The van der Waals surface area contributed by atoms with Crippen LogP contribution in [0.1, 0.15) is 88.4 Å². The van der Waals surface area contributed by atoms with Crippen molar-refractivity contribution >= 4 is 76.9 Å². The first-order valence-corrected chi connectivity index (χ1v) is 24.6. The summed E-state index contributed by atoms with van der Waals surface area (Å²) < 4.78 is 60.2. The Morgan fingerprint density at radius 3 is 1.62 bits per heavy atom. The zero-order valence-electron chi connectivity index (χ0n) is 43.0. The SMILES string of the molecule is C.C.CC(C)(O)C(C)(O)COCCOCCOCCOCCN=[N+]=[N-].CC(C)C[C@H](NC(=O)CNC(=O)c1cc(Cl)ccc1Cl)B1OC(C)(C)C(C)(COCCOCCOCCOCCN=[N+]=[N-])O1.[2H]C(Cl)(Cl)Cl. The van der Waals surface area contributed by atoms with E-state index in [0.29, 0.717) is 117 Å². The maximum Gasteiger partial charge on any atom is 0.481 e. The molecular formula is C45H82BCl5N8O14. The van der Waals surface area contributed by atoms with Gasteiger partial charge in [-0.3, -0.25) is 9.59 Å². The van der Waals surface area contributed by atoms with E-state index in [1.165, 1.54) is 32.9 Å². The summed E-state index contributed by atoms with van der Waals surface area (Å²) in [4.78, 5) is 30.7. The number of nitrogens with zero attached hydrogens (tertiary/aromatic N) is 6. The fraction of sp³-hybridized carbons (Fsp3) is 0.822. The summed E-state index contributed by atoms with van der Waals surface area (Å²) >= 11 is 26.3. The summed E-state index contributed by atoms with van der Waals surface area (Å²) in [5.74, 6) is -1.13. The van der Waals surface area contributed by atoms with Crippen LogP contribution >= 0.6 is 58.0 Å². The van der Waals surface area contributed by atoms with Crippen molar-refractivity contribution in [3.8, 4) is 0 Å². The molecule has 1 aromatic rings. The van der Waals surface area contributed by atoms with Crippen LogP contribution in [-0.2, 0) is 52.0 Å². The van der Waals surface area contributed by atoms with Crippen molar-refractivity contribution in [2.45, 2.75) is 109 Å². The zero-order chi connectivity index (χ0) is 54.7. The van der Waals surface area contributed by atoms with Crippen LogP contribution < -0.4 is 10.6 Å². The van der Waals surface area contributed by atoms with Gasteiger partial charge in [0.2, 0.25) is 5.91 Å². The average Bonchev–Trinajstić information content (AvgIpc) is 3.52. The van der Waals surface area contributed by atoms with Gasteiger partial charge in [0.25, 0.3) is 5.91 Å². The van der Waals surface area contributed by atoms with Crippen molar-refractivity contribution in [1.29, 1.82) is 0 Å². The molecular weight excluding hydrogens is 1060 g/mol. The van der Waals surface area contributed by atoms with Gasteiger partial charge < -0.3 is 68.1 Å². The summed E-state index contributed by atoms with van der Waals surface area (Å²) in [6.07, 6.45) is 0.593. The van der Waals surface area contributed by atoms with Gasteiger partial charge in [0, 0.05) is 27.9 Å². The lowest BCUT2D eigenvalue weighted by atomic mass is 9.74. The maximum atomic E-state index is 12.9. The molecule has 1 heterocycles. The summed E-state index contributed by atoms with van der Waals surface area (Å²) in [6.45, 7) is 20.7. The smallest absolute Gasteiger partial charge is 0.402 e. The van der Waals surface area contributed by atoms with E-state index in [0.717, 1.165) is 0 Å². The molecule has 0 saturated carbocycles. The number of nitrogens with one attached hydrogen (secondary N) is 2. The second-order valence-corrected chi connectivity index (χ2v) is 19.7. The number of hydrogen-bond donors (Lipinski definition) is 4. The molecule has 22 nitrogen and oxygen atoms in total. The van der Waals surface area contributed by atoms with Gasteiger partial charge in [-0.25, -0.2) is 0 Å². The Morgan fingerprint density at radius 1 is 0.767 bits per heavy atom. The van der Waals surface area contributed by atoms with Crippen LogP contribution in [0.5, 0.6) is 0 Å². The van der Waals surface area contributed by atoms with Crippen molar-refractivity contribution in [3.63, 3.8) is 0 Å². The first-order valence-electron chi connectivity index (χ1n) is 23.2. The second-order valence-electron chi connectivity index (χ2n) is 17.2. The lowest BCUT2D eigenvalue weighted by molar-refractivity contribution is -0.156. The highest BCUT2D eigenvalue weighted by atomic mass is 35.6. The number of rotatable bonds is 36. The van der Waals surface area contributed by atoms with Crippen molar-refractivity contribution in [2.24, 2.45) is 16.1 Å². The first kappa shape index (κ1) is 72.9. The van der Waals surface area contributed by atoms with Crippen LogP contribution in [0.3, 0.4) is 0 Å². The van der Waals surface area contributed by atoms with E-state index >= 15 is 0 Å². The standard InChI is InChI=1S/C28H44BCl2N5O8.C14H29N3O6.CHCl3.2CH4/c1-20(2)16-24(35-25(37)18-33-26(38)22-17-21(30)6-7-23(22)31)29-43-27(3,4)28(5,44-29)19-42-15-14-41-13-12-40-11-10-39-9-8-34-36-32;1-13(2,18)14(3,19)12-23-11-10-22-9-8-21-7-6-20-5-4-16-17-15;2-1(3)4;;/h6-7,17,20,24H,8-16,18-19H2,1-5H3,(H,33,38)(H,35,37);18-19H,4-12H2,1-3H3;1H;2*1H4/t24-,28?;;;;/m0..../s1/i;;1D;;. The van der Waals surface area contributed by atoms with Crippen molar-refractivity contribution in [2.75, 3.05) is 125 Å².